The van der Waals surface area contributed by atoms with Crippen LogP contribution in [-0.4, -0.2) is 23.6 Å². The van der Waals surface area contributed by atoms with E-state index < -0.39 is 0 Å². The van der Waals surface area contributed by atoms with Crippen molar-refractivity contribution in [2.45, 2.75) is 38.3 Å². The van der Waals surface area contributed by atoms with Crippen molar-refractivity contribution in [1.82, 2.24) is 10.3 Å². The maximum Gasteiger partial charge on any atom is 0.183 e. The number of hydrogen-bond acceptors (Lipinski definition) is 4. The lowest BCUT2D eigenvalue weighted by atomic mass is 9.99. The molecule has 118 valence electrons. The Hall–Kier alpha value is -0.810. The SMILES string of the molecule is CC(Nc1nc(-c2ccc(Cl)c(Cl)c2)cs1)C1CCCCN1. The second kappa shape index (κ2) is 7.18. The fraction of sp³-hybridized carbons (Fsp3) is 0.438. The van der Waals surface area contributed by atoms with E-state index in [4.69, 9.17) is 23.2 Å². The van der Waals surface area contributed by atoms with Gasteiger partial charge in [-0.25, -0.2) is 4.98 Å². The summed E-state index contributed by atoms with van der Waals surface area (Å²) in [6, 6.07) is 6.49. The summed E-state index contributed by atoms with van der Waals surface area (Å²) in [6.45, 7) is 3.33. The molecule has 1 aliphatic rings. The highest BCUT2D eigenvalue weighted by molar-refractivity contribution is 7.14. The molecule has 2 unspecified atom stereocenters. The van der Waals surface area contributed by atoms with Crippen LogP contribution in [0.1, 0.15) is 26.2 Å². The van der Waals surface area contributed by atoms with E-state index in [2.05, 4.69) is 22.5 Å². The van der Waals surface area contributed by atoms with Gasteiger partial charge in [0.15, 0.2) is 5.13 Å². The third kappa shape index (κ3) is 3.74. The Morgan fingerprint density at radius 1 is 1.32 bits per heavy atom. The summed E-state index contributed by atoms with van der Waals surface area (Å²) in [4.78, 5) is 4.66. The molecule has 1 fully saturated rings. The molecular formula is C16H19Cl2N3S. The number of hydrogen-bond donors (Lipinski definition) is 2. The minimum atomic E-state index is 0.369. The Kier molecular flexibility index (Phi) is 5.24. The number of piperidine rings is 1. The quantitative estimate of drug-likeness (QED) is 0.804. The predicted octanol–water partition coefficient (Wildman–Crippen LogP) is 5.06. The molecule has 1 aromatic carbocycles. The molecule has 2 heterocycles. The molecule has 2 aromatic rings. The van der Waals surface area contributed by atoms with Crippen LogP contribution in [0.2, 0.25) is 10.0 Å². The molecule has 0 aliphatic carbocycles. The highest BCUT2D eigenvalue weighted by Gasteiger charge is 2.20. The molecule has 3 rings (SSSR count). The van der Waals surface area contributed by atoms with Gasteiger partial charge in [0.05, 0.1) is 15.7 Å². The zero-order valence-electron chi connectivity index (χ0n) is 12.4. The summed E-state index contributed by atoms with van der Waals surface area (Å²) in [5.74, 6) is 0. The van der Waals surface area contributed by atoms with Crippen LogP contribution in [0.5, 0.6) is 0 Å². The third-order valence-corrected chi connectivity index (χ3v) is 5.54. The largest absolute Gasteiger partial charge is 0.357 e. The summed E-state index contributed by atoms with van der Waals surface area (Å²) in [5.41, 5.74) is 1.91. The molecule has 6 heteroatoms. The van der Waals surface area contributed by atoms with Gasteiger partial charge in [0.25, 0.3) is 0 Å². The molecule has 22 heavy (non-hydrogen) atoms. The van der Waals surface area contributed by atoms with Crippen LogP contribution in [-0.2, 0) is 0 Å². The van der Waals surface area contributed by atoms with E-state index in [1.807, 2.05) is 17.5 Å². The molecule has 1 aromatic heterocycles. The van der Waals surface area contributed by atoms with Gasteiger partial charge in [-0.3, -0.25) is 0 Å². The Bertz CT molecular complexity index is 638. The van der Waals surface area contributed by atoms with E-state index in [-0.39, 0.29) is 0 Å². The second-order valence-electron chi connectivity index (χ2n) is 5.66. The van der Waals surface area contributed by atoms with E-state index >= 15 is 0 Å². The van der Waals surface area contributed by atoms with E-state index in [0.29, 0.717) is 22.1 Å². The lowest BCUT2D eigenvalue weighted by Crippen LogP contribution is -2.45. The molecule has 0 radical (unpaired) electrons. The summed E-state index contributed by atoms with van der Waals surface area (Å²) in [6.07, 6.45) is 3.80. The lowest BCUT2D eigenvalue weighted by molar-refractivity contribution is 0.372. The highest BCUT2D eigenvalue weighted by atomic mass is 35.5. The van der Waals surface area contributed by atoms with Gasteiger partial charge < -0.3 is 10.6 Å². The molecule has 0 spiro atoms. The number of halogens is 2. The maximum absolute atomic E-state index is 6.08. The summed E-state index contributed by atoms with van der Waals surface area (Å²) >= 11 is 13.7. The number of rotatable bonds is 4. The number of nitrogens with one attached hydrogen (secondary N) is 2. The third-order valence-electron chi connectivity index (χ3n) is 4.02. The van der Waals surface area contributed by atoms with Crippen LogP contribution >= 0.6 is 34.5 Å². The van der Waals surface area contributed by atoms with E-state index in [9.17, 15) is 0 Å². The monoisotopic (exact) mass is 355 g/mol. The van der Waals surface area contributed by atoms with Crippen LogP contribution in [0.15, 0.2) is 23.6 Å². The number of nitrogens with zero attached hydrogens (tertiary/aromatic N) is 1. The number of thiazole rings is 1. The first-order valence-electron chi connectivity index (χ1n) is 7.54. The van der Waals surface area contributed by atoms with Crippen molar-refractivity contribution in [2.75, 3.05) is 11.9 Å². The summed E-state index contributed by atoms with van der Waals surface area (Å²) in [5, 5.41) is 11.2. The van der Waals surface area contributed by atoms with Crippen molar-refractivity contribution in [1.29, 1.82) is 0 Å². The smallest absolute Gasteiger partial charge is 0.183 e. The topological polar surface area (TPSA) is 37.0 Å². The van der Waals surface area contributed by atoms with Gasteiger partial charge in [-0.2, -0.15) is 0 Å². The van der Waals surface area contributed by atoms with Crippen LogP contribution in [0.25, 0.3) is 11.3 Å². The molecule has 0 bridgehead atoms. The number of anilines is 1. The van der Waals surface area contributed by atoms with Crippen molar-refractivity contribution >= 4 is 39.7 Å². The first-order chi connectivity index (χ1) is 10.6. The average Bonchev–Trinajstić information content (AvgIpc) is 2.99. The standard InChI is InChI=1S/C16H19Cl2N3S/c1-10(14-4-2-3-7-19-14)20-16-21-15(9-22-16)11-5-6-12(17)13(18)8-11/h5-6,8-10,14,19H,2-4,7H2,1H3,(H,20,21). The molecule has 0 saturated carbocycles. The van der Waals surface area contributed by atoms with Gasteiger partial charge >= 0.3 is 0 Å². The van der Waals surface area contributed by atoms with Crippen LogP contribution < -0.4 is 10.6 Å². The lowest BCUT2D eigenvalue weighted by Gasteiger charge is -2.29. The van der Waals surface area contributed by atoms with Crippen molar-refractivity contribution in [3.05, 3.63) is 33.6 Å². The van der Waals surface area contributed by atoms with Crippen molar-refractivity contribution in [2.24, 2.45) is 0 Å². The molecule has 2 N–H and O–H groups in total. The Morgan fingerprint density at radius 2 is 2.18 bits per heavy atom. The minimum absolute atomic E-state index is 0.369. The van der Waals surface area contributed by atoms with Gasteiger partial charge in [-0.15, -0.1) is 11.3 Å². The first-order valence-corrected chi connectivity index (χ1v) is 9.18. The van der Waals surface area contributed by atoms with Gasteiger partial charge in [0, 0.05) is 23.0 Å². The summed E-state index contributed by atoms with van der Waals surface area (Å²) < 4.78 is 0. The predicted molar refractivity (Wildman–Crippen MR) is 96.3 cm³/mol. The van der Waals surface area contributed by atoms with Crippen molar-refractivity contribution < 1.29 is 0 Å². The van der Waals surface area contributed by atoms with Crippen LogP contribution in [0.3, 0.4) is 0 Å². The van der Waals surface area contributed by atoms with Crippen molar-refractivity contribution in [3.63, 3.8) is 0 Å². The van der Waals surface area contributed by atoms with E-state index in [1.54, 1.807) is 17.4 Å². The summed E-state index contributed by atoms with van der Waals surface area (Å²) in [7, 11) is 0. The van der Waals surface area contributed by atoms with E-state index in [1.165, 1.54) is 19.3 Å². The normalized spacial score (nSPS) is 19.9. The Labute approximate surface area is 145 Å². The molecular weight excluding hydrogens is 337 g/mol. The Balaban J connectivity index is 1.69. The minimum Gasteiger partial charge on any atom is -0.357 e. The zero-order valence-corrected chi connectivity index (χ0v) is 14.7. The highest BCUT2D eigenvalue weighted by Crippen LogP contribution is 2.30. The van der Waals surface area contributed by atoms with Crippen LogP contribution in [0.4, 0.5) is 5.13 Å². The van der Waals surface area contributed by atoms with Gasteiger partial charge in [-0.1, -0.05) is 35.7 Å². The Morgan fingerprint density at radius 3 is 2.91 bits per heavy atom. The maximum atomic E-state index is 6.08. The molecule has 3 nitrogen and oxygen atoms in total. The van der Waals surface area contributed by atoms with Crippen molar-refractivity contribution in [3.8, 4) is 11.3 Å². The van der Waals surface area contributed by atoms with Gasteiger partial charge in [0.1, 0.15) is 0 Å². The number of aromatic nitrogens is 1. The molecule has 2 atom stereocenters. The molecule has 1 aliphatic heterocycles. The molecule has 0 amide bonds. The fourth-order valence-corrected chi connectivity index (χ4v) is 3.84. The van der Waals surface area contributed by atoms with E-state index in [0.717, 1.165) is 22.9 Å². The second-order valence-corrected chi connectivity index (χ2v) is 7.33. The first kappa shape index (κ1) is 16.1. The van der Waals surface area contributed by atoms with Gasteiger partial charge in [0.2, 0.25) is 0 Å². The average molecular weight is 356 g/mol. The fourth-order valence-electron chi connectivity index (χ4n) is 2.73. The van der Waals surface area contributed by atoms with Crippen LogP contribution in [0, 0.1) is 0 Å². The zero-order chi connectivity index (χ0) is 15.5. The van der Waals surface area contributed by atoms with Gasteiger partial charge in [-0.05, 0) is 38.4 Å². The molecule has 1 saturated heterocycles. The number of benzene rings is 1.